The number of benzene rings is 2. The summed E-state index contributed by atoms with van der Waals surface area (Å²) in [6, 6.07) is 8.74. The maximum Gasteiger partial charge on any atom is 0.416 e. The van der Waals surface area contributed by atoms with Crippen molar-refractivity contribution in [3.05, 3.63) is 53.1 Å². The van der Waals surface area contributed by atoms with Crippen molar-refractivity contribution in [2.75, 3.05) is 28.4 Å². The fraction of sp³-hybridized carbons (Fsp3) is 0.350. The van der Waals surface area contributed by atoms with E-state index in [1.165, 1.54) is 27.4 Å². The van der Waals surface area contributed by atoms with E-state index in [9.17, 15) is 13.2 Å². The van der Waals surface area contributed by atoms with E-state index in [1.807, 2.05) is 6.07 Å². The molecule has 0 amide bonds. The van der Waals surface area contributed by atoms with Crippen LogP contribution >= 0.6 is 24.0 Å². The molecule has 0 aliphatic heterocycles. The molecule has 2 rings (SSSR count). The zero-order chi connectivity index (χ0) is 21.4. The molecule has 6 nitrogen and oxygen atoms in total. The summed E-state index contributed by atoms with van der Waals surface area (Å²) in [4.78, 5) is 4.10. The minimum absolute atomic E-state index is 0. The number of rotatable bonds is 7. The highest BCUT2D eigenvalue weighted by Gasteiger charge is 2.30. The van der Waals surface area contributed by atoms with Crippen molar-refractivity contribution in [2.45, 2.75) is 19.3 Å². The lowest BCUT2D eigenvalue weighted by molar-refractivity contribution is -0.137. The first kappa shape index (κ1) is 25.7. The summed E-state index contributed by atoms with van der Waals surface area (Å²) in [7, 11) is 6.16. The Balaban J connectivity index is 0.00000450. The van der Waals surface area contributed by atoms with Gasteiger partial charge in [-0.15, -0.1) is 24.0 Å². The van der Waals surface area contributed by atoms with Gasteiger partial charge in [0.25, 0.3) is 0 Å². The molecule has 0 fully saturated rings. The quantitative estimate of drug-likeness (QED) is 0.314. The van der Waals surface area contributed by atoms with Gasteiger partial charge in [0.05, 0.1) is 26.9 Å². The first-order valence-electron chi connectivity index (χ1n) is 8.72. The van der Waals surface area contributed by atoms with Crippen molar-refractivity contribution in [1.82, 2.24) is 10.6 Å². The highest BCUT2D eigenvalue weighted by Crippen LogP contribution is 2.39. The van der Waals surface area contributed by atoms with Gasteiger partial charge in [-0.05, 0) is 29.8 Å². The predicted molar refractivity (Wildman–Crippen MR) is 120 cm³/mol. The van der Waals surface area contributed by atoms with Gasteiger partial charge in [-0.2, -0.15) is 13.2 Å². The molecule has 0 aliphatic carbocycles. The van der Waals surface area contributed by atoms with Gasteiger partial charge in [0, 0.05) is 25.7 Å². The molecule has 0 heterocycles. The molecule has 0 spiro atoms. The number of halogens is 4. The average molecular weight is 539 g/mol. The number of nitrogens with zero attached hydrogens (tertiary/aromatic N) is 1. The molecular weight excluding hydrogens is 514 g/mol. The molecule has 2 aromatic carbocycles. The second kappa shape index (κ2) is 11.7. The summed E-state index contributed by atoms with van der Waals surface area (Å²) >= 11 is 0. The molecule has 2 N–H and O–H groups in total. The van der Waals surface area contributed by atoms with Gasteiger partial charge < -0.3 is 24.8 Å². The largest absolute Gasteiger partial charge is 0.493 e. The Morgan fingerprint density at radius 1 is 0.933 bits per heavy atom. The Labute approximate surface area is 190 Å². The van der Waals surface area contributed by atoms with E-state index >= 15 is 0 Å². The van der Waals surface area contributed by atoms with Crippen molar-refractivity contribution in [3.63, 3.8) is 0 Å². The molecule has 30 heavy (non-hydrogen) atoms. The van der Waals surface area contributed by atoms with Crippen molar-refractivity contribution in [3.8, 4) is 17.2 Å². The maximum atomic E-state index is 12.8. The van der Waals surface area contributed by atoms with Crippen molar-refractivity contribution >= 4 is 29.9 Å². The molecule has 0 aliphatic rings. The number of aliphatic imine (C=N–C) groups is 1. The van der Waals surface area contributed by atoms with Crippen LogP contribution in [0.2, 0.25) is 0 Å². The summed E-state index contributed by atoms with van der Waals surface area (Å²) in [6.07, 6.45) is -4.38. The Kier molecular flexibility index (Phi) is 10.0. The number of ether oxygens (including phenoxy) is 3. The Morgan fingerprint density at radius 3 is 2.17 bits per heavy atom. The second-order valence-corrected chi connectivity index (χ2v) is 5.97. The van der Waals surface area contributed by atoms with Crippen LogP contribution in [-0.4, -0.2) is 34.3 Å². The third-order valence-electron chi connectivity index (χ3n) is 4.17. The minimum Gasteiger partial charge on any atom is -0.493 e. The van der Waals surface area contributed by atoms with Gasteiger partial charge in [0.1, 0.15) is 0 Å². The van der Waals surface area contributed by atoms with E-state index in [0.29, 0.717) is 35.3 Å². The molecule has 166 valence electrons. The molecule has 0 radical (unpaired) electrons. The summed E-state index contributed by atoms with van der Waals surface area (Å²) in [6.45, 7) is 0.540. The number of hydrogen-bond donors (Lipinski definition) is 2. The van der Waals surface area contributed by atoms with E-state index in [0.717, 1.165) is 17.7 Å². The maximum absolute atomic E-state index is 12.8. The van der Waals surface area contributed by atoms with Crippen LogP contribution in [0.15, 0.2) is 41.4 Å². The Hall–Kier alpha value is -2.37. The van der Waals surface area contributed by atoms with E-state index in [1.54, 1.807) is 19.2 Å². The van der Waals surface area contributed by atoms with Gasteiger partial charge in [0.15, 0.2) is 17.5 Å². The average Bonchev–Trinajstić information content (AvgIpc) is 2.72. The topological polar surface area (TPSA) is 64.1 Å². The molecule has 0 saturated heterocycles. The molecule has 0 bridgehead atoms. The lowest BCUT2D eigenvalue weighted by Gasteiger charge is -2.17. The SMILES string of the molecule is CN=C(NCc1cccc(C(F)(F)F)c1)NCc1ccc(OC)c(OC)c1OC.I. The van der Waals surface area contributed by atoms with Gasteiger partial charge in [-0.1, -0.05) is 12.1 Å². The van der Waals surface area contributed by atoms with Crippen LogP contribution in [0.1, 0.15) is 16.7 Å². The van der Waals surface area contributed by atoms with E-state index < -0.39 is 11.7 Å². The van der Waals surface area contributed by atoms with Gasteiger partial charge in [0.2, 0.25) is 5.75 Å². The standard InChI is InChI=1S/C20H24F3N3O3.HI/c1-24-19(25-11-13-6-5-7-15(10-13)20(21,22)23)26-12-14-8-9-16(27-2)18(29-4)17(14)28-3;/h5-10H,11-12H2,1-4H3,(H2,24,25,26);1H. The fourth-order valence-corrected chi connectivity index (χ4v) is 2.75. The van der Waals surface area contributed by atoms with Gasteiger partial charge >= 0.3 is 6.18 Å². The molecular formula is C20H25F3IN3O3. The molecule has 10 heteroatoms. The lowest BCUT2D eigenvalue weighted by Crippen LogP contribution is -2.36. The van der Waals surface area contributed by atoms with E-state index in [4.69, 9.17) is 14.2 Å². The molecule has 2 aromatic rings. The van der Waals surface area contributed by atoms with Crippen LogP contribution in [0.5, 0.6) is 17.2 Å². The third kappa shape index (κ3) is 6.57. The summed E-state index contributed by atoms with van der Waals surface area (Å²) < 4.78 is 54.6. The van der Waals surface area contributed by atoms with Crippen LogP contribution in [0, 0.1) is 0 Å². The molecule has 0 unspecified atom stereocenters. The zero-order valence-corrected chi connectivity index (χ0v) is 19.4. The zero-order valence-electron chi connectivity index (χ0n) is 17.1. The normalized spacial score (nSPS) is 11.4. The number of guanidine groups is 1. The lowest BCUT2D eigenvalue weighted by atomic mass is 10.1. The first-order valence-corrected chi connectivity index (χ1v) is 8.72. The van der Waals surface area contributed by atoms with Crippen LogP contribution in [0.3, 0.4) is 0 Å². The first-order chi connectivity index (χ1) is 13.8. The third-order valence-corrected chi connectivity index (χ3v) is 4.17. The van der Waals surface area contributed by atoms with Crippen LogP contribution in [0.25, 0.3) is 0 Å². The highest BCUT2D eigenvalue weighted by atomic mass is 127. The minimum atomic E-state index is -4.38. The van der Waals surface area contributed by atoms with Crippen molar-refractivity contribution in [1.29, 1.82) is 0 Å². The number of hydrogen-bond acceptors (Lipinski definition) is 4. The summed E-state index contributed by atoms with van der Waals surface area (Å²) in [5, 5.41) is 6.10. The molecule has 0 aromatic heterocycles. The van der Waals surface area contributed by atoms with Crippen LogP contribution < -0.4 is 24.8 Å². The predicted octanol–water partition coefficient (Wildman–Crippen LogP) is 4.21. The highest BCUT2D eigenvalue weighted by molar-refractivity contribution is 14.0. The molecule has 0 saturated carbocycles. The monoisotopic (exact) mass is 539 g/mol. The Bertz CT molecular complexity index is 861. The smallest absolute Gasteiger partial charge is 0.416 e. The van der Waals surface area contributed by atoms with Gasteiger partial charge in [-0.3, -0.25) is 4.99 Å². The van der Waals surface area contributed by atoms with Crippen molar-refractivity contribution < 1.29 is 27.4 Å². The molecule has 0 atom stereocenters. The Morgan fingerprint density at radius 2 is 1.60 bits per heavy atom. The number of alkyl halides is 3. The number of methoxy groups -OCH3 is 3. The summed E-state index contributed by atoms with van der Waals surface area (Å²) in [5.41, 5.74) is 0.605. The number of nitrogens with one attached hydrogen (secondary N) is 2. The van der Waals surface area contributed by atoms with Crippen LogP contribution in [0.4, 0.5) is 13.2 Å². The second-order valence-electron chi connectivity index (χ2n) is 5.97. The van der Waals surface area contributed by atoms with Gasteiger partial charge in [-0.25, -0.2) is 0 Å². The van der Waals surface area contributed by atoms with Crippen LogP contribution in [-0.2, 0) is 19.3 Å². The van der Waals surface area contributed by atoms with E-state index in [-0.39, 0.29) is 30.5 Å². The fourth-order valence-electron chi connectivity index (χ4n) is 2.75. The van der Waals surface area contributed by atoms with E-state index in [2.05, 4.69) is 15.6 Å². The van der Waals surface area contributed by atoms with Crippen molar-refractivity contribution in [2.24, 2.45) is 4.99 Å². The summed E-state index contributed by atoms with van der Waals surface area (Å²) in [5.74, 6) is 1.97.